The molecule has 0 saturated carbocycles. The van der Waals surface area contributed by atoms with Gasteiger partial charge in [-0.1, -0.05) is 18.2 Å². The minimum Gasteiger partial charge on any atom is -0.351 e. The number of hydrogen-bond acceptors (Lipinski definition) is 8. The van der Waals surface area contributed by atoms with Crippen molar-refractivity contribution in [3.05, 3.63) is 65.0 Å². The van der Waals surface area contributed by atoms with E-state index >= 15 is 0 Å². The van der Waals surface area contributed by atoms with Crippen LogP contribution in [0.5, 0.6) is 0 Å². The molecule has 0 unspecified atom stereocenters. The average molecular weight is 512 g/mol. The number of fused-ring (bicyclic) bond motifs is 2. The molecule has 0 saturated heterocycles. The van der Waals surface area contributed by atoms with E-state index in [-0.39, 0.29) is 0 Å². The van der Waals surface area contributed by atoms with Gasteiger partial charge in [-0.3, -0.25) is 9.21 Å². The van der Waals surface area contributed by atoms with E-state index < -0.39 is 10.0 Å². The number of nitrogens with one attached hydrogen (secondary N) is 1. The molecule has 1 aromatic carbocycles. The van der Waals surface area contributed by atoms with Gasteiger partial charge in [0.2, 0.25) is 0 Å². The fourth-order valence-electron chi connectivity index (χ4n) is 4.17. The molecule has 1 aliphatic heterocycles. The number of thiazole rings is 1. The second-order valence-electron chi connectivity index (χ2n) is 8.11. The van der Waals surface area contributed by atoms with Crippen molar-refractivity contribution in [2.75, 3.05) is 17.9 Å². The quantitative estimate of drug-likeness (QED) is 0.372. The van der Waals surface area contributed by atoms with Gasteiger partial charge in [0.15, 0.2) is 0 Å². The maximum Gasteiger partial charge on any atom is 0.273 e. The van der Waals surface area contributed by atoms with Crippen LogP contribution in [0.2, 0.25) is 0 Å². The predicted octanol–water partition coefficient (Wildman–Crippen LogP) is 3.79. The maximum atomic E-state index is 13.1. The summed E-state index contributed by atoms with van der Waals surface area (Å²) in [6, 6.07) is 11.1. The smallest absolute Gasteiger partial charge is 0.273 e. The highest BCUT2D eigenvalue weighted by Gasteiger charge is 2.25. The first-order valence-corrected chi connectivity index (χ1v) is 13.8. The van der Waals surface area contributed by atoms with Gasteiger partial charge >= 0.3 is 0 Å². The molecule has 5 heterocycles. The topological polar surface area (TPSA) is 100 Å². The maximum absolute atomic E-state index is 13.1. The normalized spacial score (nSPS) is 14.5. The average Bonchev–Trinajstić information content (AvgIpc) is 3.63. The Labute approximate surface area is 204 Å². The van der Waals surface area contributed by atoms with Crippen LogP contribution in [-0.2, 0) is 29.7 Å². The fourth-order valence-corrected chi connectivity index (χ4v) is 7.46. The summed E-state index contributed by atoms with van der Waals surface area (Å²) in [5.74, 6) is 0.987. The summed E-state index contributed by atoms with van der Waals surface area (Å²) in [5.41, 5.74) is 2.25. The number of para-hydroxylation sites is 1. The van der Waals surface area contributed by atoms with Crippen molar-refractivity contribution in [1.29, 1.82) is 0 Å². The molecule has 0 bridgehead atoms. The third-order valence-electron chi connectivity index (χ3n) is 5.96. The number of benzene rings is 1. The number of H-pyrrole nitrogens is 1. The van der Waals surface area contributed by atoms with Crippen LogP contribution < -0.4 is 4.31 Å². The van der Waals surface area contributed by atoms with E-state index in [0.717, 1.165) is 53.6 Å². The molecule has 34 heavy (non-hydrogen) atoms. The summed E-state index contributed by atoms with van der Waals surface area (Å²) in [7, 11) is -2.03. The highest BCUT2D eigenvalue weighted by molar-refractivity contribution is 7.94. The van der Waals surface area contributed by atoms with E-state index in [9.17, 15) is 8.42 Å². The van der Waals surface area contributed by atoms with E-state index in [1.165, 1.54) is 20.5 Å². The Morgan fingerprint density at radius 3 is 2.97 bits per heavy atom. The second-order valence-corrected chi connectivity index (χ2v) is 12.4. The van der Waals surface area contributed by atoms with Crippen molar-refractivity contribution < 1.29 is 8.42 Å². The number of anilines is 1. The van der Waals surface area contributed by atoms with Gasteiger partial charge < -0.3 is 9.55 Å². The van der Waals surface area contributed by atoms with Crippen LogP contribution in [0.25, 0.3) is 21.6 Å². The molecule has 5 aromatic rings. The van der Waals surface area contributed by atoms with Crippen molar-refractivity contribution in [1.82, 2.24) is 29.6 Å². The number of sulfonamides is 1. The monoisotopic (exact) mass is 511 g/mol. The van der Waals surface area contributed by atoms with Gasteiger partial charge in [0.25, 0.3) is 10.0 Å². The Balaban J connectivity index is 1.27. The SMILES string of the molecule is CN(c1cccc2cc(-c3ncc(CN4CCn5cnnc5C4)s3)[nH]c12)S(=O)(=O)c1cccs1. The lowest BCUT2D eigenvalue weighted by Gasteiger charge is -2.26. The molecule has 174 valence electrons. The summed E-state index contributed by atoms with van der Waals surface area (Å²) < 4.78 is 29.9. The molecule has 0 amide bonds. The van der Waals surface area contributed by atoms with E-state index in [1.807, 2.05) is 30.5 Å². The molecule has 1 N–H and O–H groups in total. The molecule has 0 fully saturated rings. The van der Waals surface area contributed by atoms with Crippen LogP contribution >= 0.6 is 22.7 Å². The van der Waals surface area contributed by atoms with E-state index in [4.69, 9.17) is 0 Å². The van der Waals surface area contributed by atoms with Gasteiger partial charge in [0.1, 0.15) is 21.4 Å². The molecular formula is C22H21N7O2S3. The van der Waals surface area contributed by atoms with Crippen LogP contribution in [-0.4, -0.2) is 51.6 Å². The molecule has 0 aliphatic carbocycles. The number of aromatic amines is 1. The Morgan fingerprint density at radius 1 is 1.21 bits per heavy atom. The Kier molecular flexibility index (Phi) is 5.25. The van der Waals surface area contributed by atoms with Crippen LogP contribution in [0, 0.1) is 0 Å². The van der Waals surface area contributed by atoms with Gasteiger partial charge in [-0.05, 0) is 23.6 Å². The third-order valence-corrected chi connectivity index (χ3v) is 10.1. The van der Waals surface area contributed by atoms with E-state index in [0.29, 0.717) is 9.90 Å². The largest absolute Gasteiger partial charge is 0.351 e. The first-order chi connectivity index (χ1) is 16.5. The molecule has 0 radical (unpaired) electrons. The number of rotatable bonds is 6. The van der Waals surface area contributed by atoms with Crippen molar-refractivity contribution in [2.45, 2.75) is 23.8 Å². The molecule has 9 nitrogen and oxygen atoms in total. The lowest BCUT2D eigenvalue weighted by molar-refractivity contribution is 0.210. The first-order valence-electron chi connectivity index (χ1n) is 10.7. The molecule has 0 atom stereocenters. The fraction of sp³-hybridized carbons (Fsp3) is 0.227. The molecule has 4 aromatic heterocycles. The molecule has 6 rings (SSSR count). The van der Waals surface area contributed by atoms with Crippen molar-refractivity contribution in [2.24, 2.45) is 0 Å². The van der Waals surface area contributed by atoms with Crippen molar-refractivity contribution >= 4 is 49.3 Å². The van der Waals surface area contributed by atoms with Crippen LogP contribution in [0.1, 0.15) is 10.7 Å². The van der Waals surface area contributed by atoms with Gasteiger partial charge in [-0.25, -0.2) is 13.4 Å². The van der Waals surface area contributed by atoms with E-state index in [2.05, 4.69) is 29.6 Å². The first kappa shape index (κ1) is 21.5. The summed E-state index contributed by atoms with van der Waals surface area (Å²) in [6.45, 7) is 3.41. The van der Waals surface area contributed by atoms with Gasteiger partial charge in [0.05, 0.1) is 23.4 Å². The van der Waals surface area contributed by atoms with Gasteiger partial charge in [-0.2, -0.15) is 0 Å². The van der Waals surface area contributed by atoms with Gasteiger partial charge in [-0.15, -0.1) is 32.9 Å². The predicted molar refractivity (Wildman–Crippen MR) is 133 cm³/mol. The highest BCUT2D eigenvalue weighted by atomic mass is 32.2. The zero-order chi connectivity index (χ0) is 23.3. The molecule has 0 spiro atoms. The standard InChI is InChI=1S/C22H21N7O2S3/c1-27(34(30,31)20-6-3-9-32-20)18-5-2-4-15-10-17(25-21(15)18)22-23-11-16(33-22)12-28-7-8-29-14-24-26-19(29)13-28/h2-6,9-11,14,25H,7-8,12-13H2,1H3. The number of aromatic nitrogens is 5. The summed E-state index contributed by atoms with van der Waals surface area (Å²) in [5, 5.41) is 11.8. The molecule has 12 heteroatoms. The Morgan fingerprint density at radius 2 is 2.12 bits per heavy atom. The molecular weight excluding hydrogens is 490 g/mol. The second kappa shape index (κ2) is 8.31. The number of nitrogens with zero attached hydrogens (tertiary/aromatic N) is 6. The zero-order valence-corrected chi connectivity index (χ0v) is 20.7. The van der Waals surface area contributed by atoms with Crippen molar-refractivity contribution in [3.63, 3.8) is 0 Å². The number of thiophene rings is 1. The minimum absolute atomic E-state index is 0.319. The minimum atomic E-state index is -3.62. The zero-order valence-electron chi connectivity index (χ0n) is 18.2. The molecule has 1 aliphatic rings. The van der Waals surface area contributed by atoms with Crippen molar-refractivity contribution in [3.8, 4) is 10.7 Å². The summed E-state index contributed by atoms with van der Waals surface area (Å²) >= 11 is 2.85. The van der Waals surface area contributed by atoms with Crippen LogP contribution in [0.3, 0.4) is 0 Å². The Hall–Kier alpha value is -3.06. The highest BCUT2D eigenvalue weighted by Crippen LogP contribution is 2.35. The number of hydrogen-bond donors (Lipinski definition) is 1. The summed E-state index contributed by atoms with van der Waals surface area (Å²) in [6.07, 6.45) is 3.70. The van der Waals surface area contributed by atoms with Crippen LogP contribution in [0.15, 0.2) is 58.5 Å². The van der Waals surface area contributed by atoms with Crippen LogP contribution in [0.4, 0.5) is 5.69 Å². The van der Waals surface area contributed by atoms with E-state index in [1.54, 1.807) is 42.2 Å². The third kappa shape index (κ3) is 3.72. The summed E-state index contributed by atoms with van der Waals surface area (Å²) in [4.78, 5) is 11.6. The Bertz CT molecular complexity index is 1570. The lowest BCUT2D eigenvalue weighted by Crippen LogP contribution is -2.32. The lowest BCUT2D eigenvalue weighted by atomic mass is 10.2. The van der Waals surface area contributed by atoms with Gasteiger partial charge in [0, 0.05) is 43.1 Å².